The summed E-state index contributed by atoms with van der Waals surface area (Å²) in [6.45, 7) is 7.97. The summed E-state index contributed by atoms with van der Waals surface area (Å²) in [5, 5.41) is 2.91. The van der Waals surface area contributed by atoms with Gasteiger partial charge in [-0.05, 0) is 69.5 Å². The molecule has 1 atom stereocenters. The zero-order valence-electron chi connectivity index (χ0n) is 18.9. The number of nitrogens with one attached hydrogen (secondary N) is 1. The molecule has 4 rings (SSSR count). The van der Waals surface area contributed by atoms with Gasteiger partial charge in [-0.25, -0.2) is 0 Å². The third kappa shape index (κ3) is 4.64. The van der Waals surface area contributed by atoms with Crippen molar-refractivity contribution in [2.24, 2.45) is 0 Å². The first kappa shape index (κ1) is 21.9. The zero-order valence-corrected chi connectivity index (χ0v) is 18.9. The summed E-state index contributed by atoms with van der Waals surface area (Å²) in [6, 6.07) is 9.37. The number of likely N-dealkylation sites (tertiary alicyclic amines) is 1. The molecule has 2 aromatic carbocycles. The summed E-state index contributed by atoms with van der Waals surface area (Å²) in [4.78, 5) is 27.3. The average Bonchev–Trinajstić information content (AvgIpc) is 3.42. The van der Waals surface area contributed by atoms with Crippen LogP contribution in [0.15, 0.2) is 36.4 Å². The summed E-state index contributed by atoms with van der Waals surface area (Å²) in [6.07, 6.45) is 6.30. The number of fused-ring (bicyclic) bond motifs is 1. The first-order valence-electron chi connectivity index (χ1n) is 11.3. The van der Waals surface area contributed by atoms with Crippen LogP contribution in [0.3, 0.4) is 0 Å². The molecule has 1 N–H and O–H groups in total. The Morgan fingerprint density at radius 2 is 2.03 bits per heavy atom. The molecule has 2 amide bonds. The Labute approximate surface area is 189 Å². The van der Waals surface area contributed by atoms with E-state index >= 15 is 0 Å². The highest BCUT2D eigenvalue weighted by molar-refractivity contribution is 6.04. The van der Waals surface area contributed by atoms with E-state index in [0.717, 1.165) is 60.5 Å². The number of amides is 2. The highest BCUT2D eigenvalue weighted by Crippen LogP contribution is 2.35. The minimum absolute atomic E-state index is 0.0281. The quantitative estimate of drug-likeness (QED) is 0.675. The van der Waals surface area contributed by atoms with Gasteiger partial charge in [0.1, 0.15) is 17.6 Å². The van der Waals surface area contributed by atoms with Crippen LogP contribution < -0.4 is 14.8 Å². The maximum atomic E-state index is 12.8. The Kier molecular flexibility index (Phi) is 6.49. The molecular formula is C26H30N2O4. The van der Waals surface area contributed by atoms with Gasteiger partial charge in [0, 0.05) is 48.0 Å². The van der Waals surface area contributed by atoms with E-state index < -0.39 is 0 Å². The number of anilines is 1. The van der Waals surface area contributed by atoms with Crippen LogP contribution in [0.2, 0.25) is 0 Å². The number of hydrogen-bond donors (Lipinski definition) is 1. The molecule has 0 bridgehead atoms. The highest BCUT2D eigenvalue weighted by Gasteiger charge is 2.23. The van der Waals surface area contributed by atoms with Crippen molar-refractivity contribution in [2.75, 3.05) is 25.0 Å². The smallest absolute Gasteiger partial charge is 0.254 e. The van der Waals surface area contributed by atoms with Gasteiger partial charge in [0.15, 0.2) is 0 Å². The number of hydrogen-bond acceptors (Lipinski definition) is 4. The molecule has 0 radical (unpaired) electrons. The second-order valence-electron chi connectivity index (χ2n) is 8.36. The lowest BCUT2D eigenvalue weighted by atomic mass is 10.0. The fourth-order valence-electron chi connectivity index (χ4n) is 4.30. The molecule has 2 aromatic rings. The minimum atomic E-state index is -0.267. The van der Waals surface area contributed by atoms with Gasteiger partial charge < -0.3 is 19.7 Å². The van der Waals surface area contributed by atoms with Crippen molar-refractivity contribution in [3.63, 3.8) is 0 Å². The van der Waals surface area contributed by atoms with Gasteiger partial charge in [0.2, 0.25) is 5.91 Å². The van der Waals surface area contributed by atoms with Crippen molar-refractivity contribution in [3.05, 3.63) is 58.7 Å². The topological polar surface area (TPSA) is 67.9 Å². The van der Waals surface area contributed by atoms with Crippen molar-refractivity contribution in [1.29, 1.82) is 0 Å². The molecule has 2 aliphatic rings. The Balaban J connectivity index is 1.50. The largest absolute Gasteiger partial charge is 0.493 e. The standard InChI is InChI=1S/C26H30N2O4/c1-4-31-23-16-20-14-17(2)32-24(20)15-19(23)10-11-25(29)27-22-9-7-8-21(18(22)3)26(30)28-12-5-6-13-28/h7-11,15-17H,4-6,12-14H2,1-3H3,(H,27,29)/b11-10+. The fourth-order valence-corrected chi connectivity index (χ4v) is 4.30. The third-order valence-corrected chi connectivity index (χ3v) is 5.96. The van der Waals surface area contributed by atoms with Gasteiger partial charge in [0.05, 0.1) is 6.61 Å². The molecule has 0 aliphatic carbocycles. The second kappa shape index (κ2) is 9.47. The van der Waals surface area contributed by atoms with Crippen molar-refractivity contribution in [1.82, 2.24) is 4.90 Å². The van der Waals surface area contributed by atoms with Crippen LogP contribution >= 0.6 is 0 Å². The number of ether oxygens (including phenoxy) is 2. The summed E-state index contributed by atoms with van der Waals surface area (Å²) < 4.78 is 11.6. The molecule has 0 aromatic heterocycles. The number of nitrogens with zero attached hydrogens (tertiary/aromatic N) is 1. The van der Waals surface area contributed by atoms with E-state index in [1.54, 1.807) is 6.08 Å². The van der Waals surface area contributed by atoms with Gasteiger partial charge in [-0.3, -0.25) is 9.59 Å². The minimum Gasteiger partial charge on any atom is -0.493 e. The molecule has 6 nitrogen and oxygen atoms in total. The van der Waals surface area contributed by atoms with Crippen LogP contribution in [-0.2, 0) is 11.2 Å². The molecule has 1 fully saturated rings. The average molecular weight is 435 g/mol. The Morgan fingerprint density at radius 3 is 2.78 bits per heavy atom. The van der Waals surface area contributed by atoms with Gasteiger partial charge >= 0.3 is 0 Å². The zero-order chi connectivity index (χ0) is 22.7. The molecule has 0 saturated carbocycles. The monoisotopic (exact) mass is 434 g/mol. The molecule has 0 spiro atoms. The van der Waals surface area contributed by atoms with Crippen molar-refractivity contribution in [3.8, 4) is 11.5 Å². The third-order valence-electron chi connectivity index (χ3n) is 5.96. The molecule has 1 unspecified atom stereocenters. The SMILES string of the molecule is CCOc1cc2c(cc1/C=C/C(=O)Nc1cccc(C(=O)N3CCCC3)c1C)OC(C)C2. The molecule has 2 aliphatic heterocycles. The predicted octanol–water partition coefficient (Wildman–Crippen LogP) is 4.61. The lowest BCUT2D eigenvalue weighted by Crippen LogP contribution is -2.28. The van der Waals surface area contributed by atoms with Crippen LogP contribution in [0, 0.1) is 6.92 Å². The molecule has 6 heteroatoms. The first-order valence-corrected chi connectivity index (χ1v) is 11.3. The van der Waals surface area contributed by atoms with Gasteiger partial charge in [0.25, 0.3) is 5.91 Å². The molecule has 1 saturated heterocycles. The summed E-state index contributed by atoms with van der Waals surface area (Å²) in [5.74, 6) is 1.34. The van der Waals surface area contributed by atoms with E-state index in [4.69, 9.17) is 9.47 Å². The van der Waals surface area contributed by atoms with Crippen LogP contribution in [0.1, 0.15) is 53.7 Å². The van der Waals surface area contributed by atoms with E-state index in [0.29, 0.717) is 17.9 Å². The highest BCUT2D eigenvalue weighted by atomic mass is 16.5. The van der Waals surface area contributed by atoms with Gasteiger partial charge in [-0.15, -0.1) is 0 Å². The Hall–Kier alpha value is -3.28. The van der Waals surface area contributed by atoms with Crippen molar-refractivity contribution in [2.45, 2.75) is 46.1 Å². The van der Waals surface area contributed by atoms with Gasteiger partial charge in [-0.1, -0.05) is 6.07 Å². The number of carbonyl (C=O) groups is 2. The van der Waals surface area contributed by atoms with Crippen LogP contribution in [0.25, 0.3) is 6.08 Å². The summed E-state index contributed by atoms with van der Waals surface area (Å²) in [5.41, 5.74) is 3.97. The fraction of sp³-hybridized carbons (Fsp3) is 0.385. The summed E-state index contributed by atoms with van der Waals surface area (Å²) >= 11 is 0. The molecule has 32 heavy (non-hydrogen) atoms. The molecule has 2 heterocycles. The van der Waals surface area contributed by atoms with Crippen molar-refractivity contribution < 1.29 is 19.1 Å². The van der Waals surface area contributed by atoms with E-state index in [1.807, 2.05) is 56.0 Å². The van der Waals surface area contributed by atoms with E-state index in [9.17, 15) is 9.59 Å². The lowest BCUT2D eigenvalue weighted by molar-refractivity contribution is -0.111. The van der Waals surface area contributed by atoms with E-state index in [2.05, 4.69) is 5.32 Å². The molecule has 168 valence electrons. The van der Waals surface area contributed by atoms with E-state index in [1.165, 1.54) is 6.08 Å². The first-order chi connectivity index (χ1) is 15.5. The maximum absolute atomic E-state index is 12.8. The van der Waals surface area contributed by atoms with Crippen LogP contribution in [0.5, 0.6) is 11.5 Å². The maximum Gasteiger partial charge on any atom is 0.254 e. The predicted molar refractivity (Wildman–Crippen MR) is 125 cm³/mol. The summed E-state index contributed by atoms with van der Waals surface area (Å²) in [7, 11) is 0. The number of carbonyl (C=O) groups excluding carboxylic acids is 2. The normalized spacial score (nSPS) is 17.3. The van der Waals surface area contributed by atoms with E-state index in [-0.39, 0.29) is 17.9 Å². The van der Waals surface area contributed by atoms with Crippen LogP contribution in [-0.4, -0.2) is 42.5 Å². The second-order valence-corrected chi connectivity index (χ2v) is 8.36. The molecular weight excluding hydrogens is 404 g/mol. The number of benzene rings is 2. The Bertz CT molecular complexity index is 1050. The van der Waals surface area contributed by atoms with Crippen molar-refractivity contribution >= 4 is 23.6 Å². The van der Waals surface area contributed by atoms with Crippen LogP contribution in [0.4, 0.5) is 5.69 Å². The lowest BCUT2D eigenvalue weighted by Gasteiger charge is -2.18. The van der Waals surface area contributed by atoms with Gasteiger partial charge in [-0.2, -0.15) is 0 Å². The number of rotatable bonds is 6. The Morgan fingerprint density at radius 1 is 1.25 bits per heavy atom.